The van der Waals surface area contributed by atoms with Gasteiger partial charge in [0.15, 0.2) is 11.5 Å². The van der Waals surface area contributed by atoms with Gasteiger partial charge in [-0.2, -0.15) is 0 Å². The number of benzene rings is 1. The van der Waals surface area contributed by atoms with Gasteiger partial charge in [0.1, 0.15) is 0 Å². The highest BCUT2D eigenvalue weighted by atomic mass is 16.5. The van der Waals surface area contributed by atoms with Gasteiger partial charge in [-0.05, 0) is 25.2 Å². The first-order valence-corrected chi connectivity index (χ1v) is 7.53. The summed E-state index contributed by atoms with van der Waals surface area (Å²) in [6.07, 6.45) is 3.92. The van der Waals surface area contributed by atoms with Crippen molar-refractivity contribution in [2.24, 2.45) is 5.92 Å². The van der Waals surface area contributed by atoms with Crippen LogP contribution in [0, 0.1) is 5.92 Å². The molecule has 1 fully saturated rings. The minimum atomic E-state index is 0.571. The Hall–Kier alpha value is -1.58. The molecule has 4 nitrogen and oxygen atoms in total. The number of methoxy groups -OCH3 is 2. The molecule has 1 N–H and O–H groups in total. The van der Waals surface area contributed by atoms with Gasteiger partial charge in [0.25, 0.3) is 0 Å². The second kappa shape index (κ2) is 5.43. The first-order chi connectivity index (χ1) is 9.76. The van der Waals surface area contributed by atoms with Gasteiger partial charge in [0, 0.05) is 31.3 Å². The fourth-order valence-electron chi connectivity index (χ4n) is 2.97. The molecule has 1 atom stereocenters. The first-order valence-electron chi connectivity index (χ1n) is 7.53. The van der Waals surface area contributed by atoms with E-state index in [2.05, 4.69) is 29.3 Å². The van der Waals surface area contributed by atoms with E-state index in [1.54, 1.807) is 14.2 Å². The first kappa shape index (κ1) is 13.4. The molecular weight excluding hydrogens is 252 g/mol. The molecule has 4 heteroatoms. The predicted octanol–water partition coefficient (Wildman–Crippen LogP) is 3.12. The summed E-state index contributed by atoms with van der Waals surface area (Å²) in [6.45, 7) is 4.44. The molecule has 0 amide bonds. The van der Waals surface area contributed by atoms with E-state index in [-0.39, 0.29) is 0 Å². The van der Waals surface area contributed by atoms with Crippen molar-refractivity contribution in [1.29, 1.82) is 0 Å². The van der Waals surface area contributed by atoms with Crippen LogP contribution in [-0.4, -0.2) is 33.4 Å². The maximum Gasteiger partial charge on any atom is 0.162 e. The molecule has 1 aliphatic heterocycles. The zero-order valence-corrected chi connectivity index (χ0v) is 12.6. The van der Waals surface area contributed by atoms with Crippen LogP contribution in [0.25, 0.3) is 0 Å². The monoisotopic (exact) mass is 276 g/mol. The minimum absolute atomic E-state index is 0.571. The SMILES string of the molecule is CCC1CNc2cc(OC)c(OC)cc2N1CC1CC1. The summed E-state index contributed by atoms with van der Waals surface area (Å²) < 4.78 is 10.9. The van der Waals surface area contributed by atoms with Crippen LogP contribution in [0.2, 0.25) is 0 Å². The highest BCUT2D eigenvalue weighted by molar-refractivity contribution is 5.77. The fraction of sp³-hybridized carbons (Fsp3) is 0.625. The number of fused-ring (bicyclic) bond motifs is 1. The maximum atomic E-state index is 5.46. The summed E-state index contributed by atoms with van der Waals surface area (Å²) in [6, 6.07) is 4.74. The standard InChI is InChI=1S/C16H24N2O2/c1-4-12-9-17-13-7-15(19-2)16(20-3)8-14(13)18(12)10-11-5-6-11/h7-8,11-12,17H,4-6,9-10H2,1-3H3. The molecule has 20 heavy (non-hydrogen) atoms. The lowest BCUT2D eigenvalue weighted by molar-refractivity contribution is 0.355. The Morgan fingerprint density at radius 1 is 1.20 bits per heavy atom. The molecule has 3 rings (SSSR count). The van der Waals surface area contributed by atoms with E-state index in [1.807, 2.05) is 0 Å². The van der Waals surface area contributed by atoms with Crippen molar-refractivity contribution in [3.05, 3.63) is 12.1 Å². The van der Waals surface area contributed by atoms with Crippen molar-refractivity contribution < 1.29 is 9.47 Å². The quantitative estimate of drug-likeness (QED) is 0.896. The molecule has 0 radical (unpaired) electrons. The van der Waals surface area contributed by atoms with E-state index in [0.29, 0.717) is 6.04 Å². The molecule has 1 aliphatic carbocycles. The Labute approximate surface area is 121 Å². The molecule has 1 unspecified atom stereocenters. The van der Waals surface area contributed by atoms with Crippen LogP contribution in [0.15, 0.2) is 12.1 Å². The average Bonchev–Trinajstić information content (AvgIpc) is 3.30. The van der Waals surface area contributed by atoms with Crippen LogP contribution in [0.3, 0.4) is 0 Å². The number of rotatable bonds is 5. The van der Waals surface area contributed by atoms with Crippen molar-refractivity contribution in [2.75, 3.05) is 37.5 Å². The van der Waals surface area contributed by atoms with Gasteiger partial charge in [-0.1, -0.05) is 6.92 Å². The highest BCUT2D eigenvalue weighted by Gasteiger charge is 2.32. The zero-order valence-electron chi connectivity index (χ0n) is 12.6. The van der Waals surface area contributed by atoms with Crippen LogP contribution in [-0.2, 0) is 0 Å². The molecule has 0 bridgehead atoms. The van der Waals surface area contributed by atoms with E-state index >= 15 is 0 Å². The number of nitrogens with one attached hydrogen (secondary N) is 1. The molecule has 1 aromatic carbocycles. The third-order valence-corrected chi connectivity index (χ3v) is 4.40. The number of anilines is 2. The molecule has 1 heterocycles. The molecule has 0 aromatic heterocycles. The summed E-state index contributed by atoms with van der Waals surface area (Å²) in [5.41, 5.74) is 2.42. The van der Waals surface area contributed by atoms with Crippen molar-refractivity contribution in [3.8, 4) is 11.5 Å². The lowest BCUT2D eigenvalue weighted by Crippen LogP contribution is -2.44. The Morgan fingerprint density at radius 3 is 2.50 bits per heavy atom. The van der Waals surface area contributed by atoms with Gasteiger partial charge in [0.2, 0.25) is 0 Å². The van der Waals surface area contributed by atoms with E-state index in [9.17, 15) is 0 Å². The van der Waals surface area contributed by atoms with E-state index < -0.39 is 0 Å². The molecule has 110 valence electrons. The number of nitrogens with zero attached hydrogens (tertiary/aromatic N) is 1. The molecule has 0 spiro atoms. The second-order valence-corrected chi connectivity index (χ2v) is 5.76. The smallest absolute Gasteiger partial charge is 0.162 e. The minimum Gasteiger partial charge on any atom is -0.493 e. The van der Waals surface area contributed by atoms with Crippen LogP contribution in [0.1, 0.15) is 26.2 Å². The summed E-state index contributed by atoms with van der Waals surface area (Å²) in [4.78, 5) is 2.56. The Morgan fingerprint density at radius 2 is 1.90 bits per heavy atom. The van der Waals surface area contributed by atoms with E-state index in [1.165, 1.54) is 25.1 Å². The normalized spacial score (nSPS) is 21.1. The van der Waals surface area contributed by atoms with Crippen molar-refractivity contribution in [3.63, 3.8) is 0 Å². The summed E-state index contributed by atoms with van der Waals surface area (Å²) in [7, 11) is 3.38. The van der Waals surface area contributed by atoms with Gasteiger partial charge in [-0.15, -0.1) is 0 Å². The average molecular weight is 276 g/mol. The predicted molar refractivity (Wildman–Crippen MR) is 82.2 cm³/mol. The van der Waals surface area contributed by atoms with Crippen molar-refractivity contribution in [2.45, 2.75) is 32.2 Å². The van der Waals surface area contributed by atoms with Gasteiger partial charge >= 0.3 is 0 Å². The van der Waals surface area contributed by atoms with Crippen LogP contribution >= 0.6 is 0 Å². The van der Waals surface area contributed by atoms with Gasteiger partial charge in [-0.25, -0.2) is 0 Å². The van der Waals surface area contributed by atoms with Crippen LogP contribution < -0.4 is 19.7 Å². The number of ether oxygens (including phenoxy) is 2. The Bertz CT molecular complexity index is 486. The Kier molecular flexibility index (Phi) is 3.64. The topological polar surface area (TPSA) is 33.7 Å². The van der Waals surface area contributed by atoms with Crippen molar-refractivity contribution in [1.82, 2.24) is 0 Å². The third kappa shape index (κ3) is 2.39. The maximum absolute atomic E-state index is 5.46. The largest absolute Gasteiger partial charge is 0.493 e. The fourth-order valence-corrected chi connectivity index (χ4v) is 2.97. The summed E-state index contributed by atoms with van der Waals surface area (Å²) in [5.74, 6) is 2.48. The number of hydrogen-bond acceptors (Lipinski definition) is 4. The molecule has 1 saturated carbocycles. The molecule has 1 aromatic rings. The molecular formula is C16H24N2O2. The summed E-state index contributed by atoms with van der Waals surface area (Å²) in [5, 5.41) is 3.54. The van der Waals surface area contributed by atoms with Gasteiger partial charge in [-0.3, -0.25) is 0 Å². The lowest BCUT2D eigenvalue weighted by atomic mass is 10.1. The van der Waals surface area contributed by atoms with E-state index in [4.69, 9.17) is 9.47 Å². The summed E-state index contributed by atoms with van der Waals surface area (Å²) >= 11 is 0. The van der Waals surface area contributed by atoms with E-state index in [0.717, 1.165) is 36.1 Å². The number of hydrogen-bond donors (Lipinski definition) is 1. The lowest BCUT2D eigenvalue weighted by Gasteiger charge is -2.39. The van der Waals surface area contributed by atoms with Gasteiger partial charge in [0.05, 0.1) is 25.6 Å². The zero-order chi connectivity index (χ0) is 14.1. The van der Waals surface area contributed by atoms with Crippen LogP contribution in [0.5, 0.6) is 11.5 Å². The van der Waals surface area contributed by atoms with Gasteiger partial charge < -0.3 is 19.7 Å². The highest BCUT2D eigenvalue weighted by Crippen LogP contribution is 2.43. The Balaban J connectivity index is 1.97. The van der Waals surface area contributed by atoms with Crippen LogP contribution in [0.4, 0.5) is 11.4 Å². The second-order valence-electron chi connectivity index (χ2n) is 5.76. The van der Waals surface area contributed by atoms with Crippen molar-refractivity contribution >= 4 is 11.4 Å². The molecule has 2 aliphatic rings. The molecule has 0 saturated heterocycles. The third-order valence-electron chi connectivity index (χ3n) is 4.40.